The van der Waals surface area contributed by atoms with Gasteiger partial charge in [0.15, 0.2) is 5.84 Å². The van der Waals surface area contributed by atoms with Crippen LogP contribution in [0.4, 0.5) is 15.8 Å². The molecule has 0 saturated carbocycles. The summed E-state index contributed by atoms with van der Waals surface area (Å²) in [5.41, 5.74) is 7.47. The molecule has 19 heavy (non-hydrogen) atoms. The van der Waals surface area contributed by atoms with Crippen LogP contribution in [-0.2, 0) is 0 Å². The third kappa shape index (κ3) is 2.79. The second-order valence-electron chi connectivity index (χ2n) is 3.92. The van der Waals surface area contributed by atoms with Crippen molar-refractivity contribution in [3.63, 3.8) is 0 Å². The highest BCUT2D eigenvalue weighted by molar-refractivity contribution is 5.96. The van der Waals surface area contributed by atoms with Gasteiger partial charge >= 0.3 is 0 Å². The van der Waals surface area contributed by atoms with E-state index in [0.717, 1.165) is 11.4 Å². The molecule has 0 radical (unpaired) electrons. The Morgan fingerprint density at radius 3 is 2.58 bits per heavy atom. The molecule has 2 aromatic rings. The van der Waals surface area contributed by atoms with E-state index in [1.165, 1.54) is 12.1 Å². The first-order valence-electron chi connectivity index (χ1n) is 5.55. The van der Waals surface area contributed by atoms with E-state index in [0.29, 0.717) is 5.69 Å². The summed E-state index contributed by atoms with van der Waals surface area (Å²) in [7, 11) is 1.83. The monoisotopic (exact) mass is 260 g/mol. The smallest absolute Gasteiger partial charge is 0.188 e. The van der Waals surface area contributed by atoms with Crippen LogP contribution in [0.25, 0.3) is 0 Å². The molecule has 1 heterocycles. The number of amidine groups is 1. The Hall–Kier alpha value is -2.63. The molecule has 0 aliphatic heterocycles. The molecule has 5 nitrogen and oxygen atoms in total. The lowest BCUT2D eigenvalue weighted by molar-refractivity contribution is 0.318. The lowest BCUT2D eigenvalue weighted by Crippen LogP contribution is -2.16. The number of rotatable bonds is 3. The summed E-state index contributed by atoms with van der Waals surface area (Å²) >= 11 is 0. The largest absolute Gasteiger partial charge is 0.409 e. The molecule has 0 fully saturated rings. The van der Waals surface area contributed by atoms with Gasteiger partial charge in [-0.25, -0.2) is 4.39 Å². The van der Waals surface area contributed by atoms with E-state index < -0.39 is 0 Å². The third-order valence-corrected chi connectivity index (χ3v) is 2.71. The van der Waals surface area contributed by atoms with E-state index in [1.807, 2.05) is 11.9 Å². The lowest BCUT2D eigenvalue weighted by atomic mass is 10.2. The first-order valence-corrected chi connectivity index (χ1v) is 5.55. The van der Waals surface area contributed by atoms with E-state index in [2.05, 4.69) is 10.1 Å². The number of hydrogen-bond donors (Lipinski definition) is 2. The van der Waals surface area contributed by atoms with E-state index in [9.17, 15) is 4.39 Å². The molecule has 2 rings (SSSR count). The molecule has 0 amide bonds. The second kappa shape index (κ2) is 5.34. The van der Waals surface area contributed by atoms with Gasteiger partial charge in [0, 0.05) is 24.6 Å². The highest BCUT2D eigenvalue weighted by Crippen LogP contribution is 2.23. The van der Waals surface area contributed by atoms with Crippen molar-refractivity contribution in [2.24, 2.45) is 10.9 Å². The zero-order valence-corrected chi connectivity index (χ0v) is 10.3. The predicted molar refractivity (Wildman–Crippen MR) is 71.2 cm³/mol. The van der Waals surface area contributed by atoms with Crippen LogP contribution in [0.2, 0.25) is 0 Å². The van der Waals surface area contributed by atoms with Crippen LogP contribution < -0.4 is 10.6 Å². The van der Waals surface area contributed by atoms with Crippen molar-refractivity contribution in [2.45, 2.75) is 0 Å². The fourth-order valence-corrected chi connectivity index (χ4v) is 1.63. The minimum Gasteiger partial charge on any atom is -0.409 e. The van der Waals surface area contributed by atoms with E-state index in [-0.39, 0.29) is 11.7 Å². The van der Waals surface area contributed by atoms with E-state index in [1.54, 1.807) is 30.5 Å². The van der Waals surface area contributed by atoms with Crippen molar-refractivity contribution in [1.82, 2.24) is 4.98 Å². The maximum absolute atomic E-state index is 12.9. The summed E-state index contributed by atoms with van der Waals surface area (Å²) in [6.45, 7) is 0. The Kier molecular flexibility index (Phi) is 3.61. The quantitative estimate of drug-likeness (QED) is 0.383. The normalized spacial score (nSPS) is 11.4. The molecule has 1 aromatic heterocycles. The van der Waals surface area contributed by atoms with Gasteiger partial charge in [-0.3, -0.25) is 4.98 Å². The Morgan fingerprint density at radius 1 is 1.26 bits per heavy atom. The van der Waals surface area contributed by atoms with Crippen molar-refractivity contribution in [2.75, 3.05) is 11.9 Å². The number of aromatic nitrogens is 1. The van der Waals surface area contributed by atoms with Gasteiger partial charge < -0.3 is 15.8 Å². The third-order valence-electron chi connectivity index (χ3n) is 2.71. The van der Waals surface area contributed by atoms with Crippen LogP contribution in [0.1, 0.15) is 5.69 Å². The number of benzene rings is 1. The van der Waals surface area contributed by atoms with E-state index in [4.69, 9.17) is 10.9 Å². The minimum atomic E-state index is -0.288. The summed E-state index contributed by atoms with van der Waals surface area (Å²) in [4.78, 5) is 5.84. The van der Waals surface area contributed by atoms with Crippen LogP contribution >= 0.6 is 0 Å². The predicted octanol–water partition coefficient (Wildman–Crippen LogP) is 2.08. The fourth-order valence-electron chi connectivity index (χ4n) is 1.63. The Bertz CT molecular complexity index is 598. The minimum absolute atomic E-state index is 0.0608. The van der Waals surface area contributed by atoms with Crippen LogP contribution in [0.3, 0.4) is 0 Å². The molecule has 0 aliphatic carbocycles. The standard InChI is InChI=1S/C13H13FN4O/c1-18(10-4-2-9(14)3-5-10)11-6-7-16-12(8-11)13(15)17-19/h2-8,19H,1H3,(H2,15,17). The van der Waals surface area contributed by atoms with Gasteiger partial charge in [0.2, 0.25) is 0 Å². The fraction of sp³-hybridized carbons (Fsp3) is 0.0769. The molecule has 0 atom stereocenters. The Balaban J connectivity index is 2.33. The van der Waals surface area contributed by atoms with Gasteiger partial charge in [-0.05, 0) is 36.4 Å². The summed E-state index contributed by atoms with van der Waals surface area (Å²) in [5.74, 6) is -0.349. The van der Waals surface area contributed by atoms with Crippen molar-refractivity contribution in [3.8, 4) is 0 Å². The maximum atomic E-state index is 12.9. The van der Waals surface area contributed by atoms with Gasteiger partial charge in [0.05, 0.1) is 0 Å². The van der Waals surface area contributed by atoms with E-state index >= 15 is 0 Å². The zero-order chi connectivity index (χ0) is 13.8. The van der Waals surface area contributed by atoms with Crippen molar-refractivity contribution >= 4 is 17.2 Å². The Labute approximate surface area is 109 Å². The van der Waals surface area contributed by atoms with Crippen LogP contribution in [0, 0.1) is 5.82 Å². The summed E-state index contributed by atoms with van der Waals surface area (Å²) in [5, 5.41) is 11.5. The van der Waals surface area contributed by atoms with Crippen LogP contribution in [0.15, 0.2) is 47.8 Å². The molecule has 0 spiro atoms. The molecule has 98 valence electrons. The number of nitrogens with two attached hydrogens (primary N) is 1. The number of pyridine rings is 1. The SMILES string of the molecule is CN(c1ccc(F)cc1)c1ccnc(/C(N)=N/O)c1. The number of halogens is 1. The Morgan fingerprint density at radius 2 is 1.95 bits per heavy atom. The zero-order valence-electron chi connectivity index (χ0n) is 10.3. The number of hydrogen-bond acceptors (Lipinski definition) is 4. The van der Waals surface area contributed by atoms with Crippen molar-refractivity contribution in [1.29, 1.82) is 0 Å². The molecule has 0 unspecified atom stereocenters. The molecule has 0 aliphatic rings. The van der Waals surface area contributed by atoms with Crippen LogP contribution in [0.5, 0.6) is 0 Å². The first-order chi connectivity index (χ1) is 9.11. The van der Waals surface area contributed by atoms with Crippen molar-refractivity contribution < 1.29 is 9.60 Å². The van der Waals surface area contributed by atoms with Gasteiger partial charge in [0.25, 0.3) is 0 Å². The molecular formula is C13H13FN4O. The number of anilines is 2. The second-order valence-corrected chi connectivity index (χ2v) is 3.92. The summed E-state index contributed by atoms with van der Waals surface area (Å²) in [6.07, 6.45) is 1.56. The van der Waals surface area contributed by atoms with Crippen LogP contribution in [-0.4, -0.2) is 23.1 Å². The first kappa shape index (κ1) is 12.8. The van der Waals surface area contributed by atoms with Gasteiger partial charge in [-0.2, -0.15) is 0 Å². The molecule has 0 saturated heterocycles. The molecule has 3 N–H and O–H groups in total. The topological polar surface area (TPSA) is 74.7 Å². The molecule has 6 heteroatoms. The lowest BCUT2D eigenvalue weighted by Gasteiger charge is -2.19. The van der Waals surface area contributed by atoms with Crippen molar-refractivity contribution in [3.05, 3.63) is 54.1 Å². The van der Waals surface area contributed by atoms with Gasteiger partial charge in [-0.1, -0.05) is 5.16 Å². The van der Waals surface area contributed by atoms with Gasteiger partial charge in [-0.15, -0.1) is 0 Å². The highest BCUT2D eigenvalue weighted by atomic mass is 19.1. The maximum Gasteiger partial charge on any atom is 0.188 e. The molecular weight excluding hydrogens is 247 g/mol. The number of oxime groups is 1. The summed E-state index contributed by atoms with van der Waals surface area (Å²) < 4.78 is 12.9. The molecule has 0 bridgehead atoms. The highest BCUT2D eigenvalue weighted by Gasteiger charge is 2.07. The average Bonchev–Trinajstić information content (AvgIpc) is 2.46. The van der Waals surface area contributed by atoms with Gasteiger partial charge in [0.1, 0.15) is 11.5 Å². The molecule has 1 aromatic carbocycles. The number of nitrogens with zero attached hydrogens (tertiary/aromatic N) is 3. The average molecular weight is 260 g/mol. The summed E-state index contributed by atoms with van der Waals surface area (Å²) in [6, 6.07) is 9.56.